The Balaban J connectivity index is 2.04. The molecule has 2 N–H and O–H groups in total. The Hall–Kier alpha value is -1.94. The predicted octanol–water partition coefficient (Wildman–Crippen LogP) is 2.89. The van der Waals surface area contributed by atoms with Gasteiger partial charge in [-0.1, -0.05) is 12.1 Å². The van der Waals surface area contributed by atoms with E-state index in [0.717, 1.165) is 5.56 Å². The van der Waals surface area contributed by atoms with Gasteiger partial charge < -0.3 is 10.5 Å². The lowest BCUT2D eigenvalue weighted by Gasteiger charge is -2.07. The maximum Gasteiger partial charge on any atom is 0.165 e. The minimum atomic E-state index is -0.423. The molecule has 2 nitrogen and oxygen atoms in total. The Morgan fingerprint density at radius 2 is 2.00 bits per heavy atom. The van der Waals surface area contributed by atoms with E-state index in [1.807, 2.05) is 6.07 Å². The molecule has 98 valence electrons. The molecule has 1 atom stereocenters. The van der Waals surface area contributed by atoms with Crippen molar-refractivity contribution in [3.8, 4) is 16.9 Å². The van der Waals surface area contributed by atoms with Crippen LogP contribution < -0.4 is 10.5 Å². The third-order valence-corrected chi connectivity index (χ3v) is 3.27. The largest absolute Gasteiger partial charge is 0.485 e. The van der Waals surface area contributed by atoms with Gasteiger partial charge in [0, 0.05) is 18.5 Å². The quantitative estimate of drug-likeness (QED) is 0.902. The van der Waals surface area contributed by atoms with Gasteiger partial charge in [0.05, 0.1) is 0 Å². The van der Waals surface area contributed by atoms with E-state index < -0.39 is 5.82 Å². The molecule has 0 bridgehead atoms. The molecule has 2 aromatic rings. The van der Waals surface area contributed by atoms with Crippen molar-refractivity contribution in [3.05, 3.63) is 53.6 Å². The molecule has 0 spiro atoms. The van der Waals surface area contributed by atoms with Crippen LogP contribution in [0, 0.1) is 11.6 Å². The molecular formula is C15H13F2NO. The molecule has 0 aromatic heterocycles. The first kappa shape index (κ1) is 12.1. The summed E-state index contributed by atoms with van der Waals surface area (Å²) in [5.41, 5.74) is 7.62. The Morgan fingerprint density at radius 3 is 2.74 bits per heavy atom. The highest BCUT2D eigenvalue weighted by molar-refractivity contribution is 5.66. The second-order valence-electron chi connectivity index (χ2n) is 4.64. The number of ether oxygens (including phenoxy) is 1. The van der Waals surface area contributed by atoms with E-state index in [2.05, 4.69) is 0 Å². The highest BCUT2D eigenvalue weighted by atomic mass is 19.1. The van der Waals surface area contributed by atoms with Crippen molar-refractivity contribution in [1.29, 1.82) is 0 Å². The zero-order valence-electron chi connectivity index (χ0n) is 10.2. The highest BCUT2D eigenvalue weighted by Gasteiger charge is 2.25. The van der Waals surface area contributed by atoms with Crippen LogP contribution in [0.25, 0.3) is 11.1 Å². The fourth-order valence-corrected chi connectivity index (χ4v) is 2.35. The molecule has 0 amide bonds. The second-order valence-corrected chi connectivity index (χ2v) is 4.64. The lowest BCUT2D eigenvalue weighted by Crippen LogP contribution is -2.24. The first-order chi connectivity index (χ1) is 9.17. The fraction of sp³-hybridized carbons (Fsp3) is 0.200. The van der Waals surface area contributed by atoms with Gasteiger partial charge in [-0.25, -0.2) is 8.78 Å². The normalized spacial score (nSPS) is 17.1. The highest BCUT2D eigenvalue weighted by Crippen LogP contribution is 2.35. The van der Waals surface area contributed by atoms with Gasteiger partial charge in [0.1, 0.15) is 11.9 Å². The Kier molecular flexibility index (Phi) is 2.95. The Morgan fingerprint density at radius 1 is 1.16 bits per heavy atom. The van der Waals surface area contributed by atoms with Crippen molar-refractivity contribution >= 4 is 0 Å². The SMILES string of the molecule is NCC1Cc2cc(-c3cccc(F)c3)cc(F)c2O1. The molecule has 0 saturated carbocycles. The van der Waals surface area contributed by atoms with Crippen LogP contribution >= 0.6 is 0 Å². The third kappa shape index (κ3) is 2.19. The number of benzene rings is 2. The van der Waals surface area contributed by atoms with E-state index in [1.54, 1.807) is 12.1 Å². The lowest BCUT2D eigenvalue weighted by molar-refractivity contribution is 0.232. The summed E-state index contributed by atoms with van der Waals surface area (Å²) < 4.78 is 32.6. The zero-order valence-corrected chi connectivity index (χ0v) is 10.2. The van der Waals surface area contributed by atoms with Crippen LogP contribution in [0.15, 0.2) is 36.4 Å². The van der Waals surface area contributed by atoms with Crippen molar-refractivity contribution in [1.82, 2.24) is 0 Å². The number of halogens is 2. The van der Waals surface area contributed by atoms with E-state index >= 15 is 0 Å². The first-order valence-electron chi connectivity index (χ1n) is 6.12. The van der Waals surface area contributed by atoms with Crippen LogP contribution in [0.4, 0.5) is 8.78 Å². The van der Waals surface area contributed by atoms with Gasteiger partial charge >= 0.3 is 0 Å². The van der Waals surface area contributed by atoms with Crippen LogP contribution in [0.2, 0.25) is 0 Å². The summed E-state index contributed by atoms with van der Waals surface area (Å²) >= 11 is 0. The summed E-state index contributed by atoms with van der Waals surface area (Å²) in [5, 5.41) is 0. The molecule has 1 aliphatic rings. The average molecular weight is 261 g/mol. The van der Waals surface area contributed by atoms with E-state index in [0.29, 0.717) is 24.1 Å². The fourth-order valence-electron chi connectivity index (χ4n) is 2.35. The minimum Gasteiger partial charge on any atom is -0.485 e. The first-order valence-corrected chi connectivity index (χ1v) is 6.12. The smallest absolute Gasteiger partial charge is 0.165 e. The van der Waals surface area contributed by atoms with Crippen molar-refractivity contribution < 1.29 is 13.5 Å². The van der Waals surface area contributed by atoms with Gasteiger partial charge in [0.15, 0.2) is 11.6 Å². The minimum absolute atomic E-state index is 0.174. The molecule has 3 rings (SSSR count). The summed E-state index contributed by atoms with van der Waals surface area (Å²) in [4.78, 5) is 0. The number of nitrogens with two attached hydrogens (primary N) is 1. The van der Waals surface area contributed by atoms with Crippen molar-refractivity contribution in [2.75, 3.05) is 6.54 Å². The molecule has 1 heterocycles. The van der Waals surface area contributed by atoms with Crippen LogP contribution in [0.5, 0.6) is 5.75 Å². The van der Waals surface area contributed by atoms with Crippen molar-refractivity contribution in [3.63, 3.8) is 0 Å². The maximum atomic E-state index is 14.0. The van der Waals surface area contributed by atoms with Crippen LogP contribution in [0.3, 0.4) is 0 Å². The van der Waals surface area contributed by atoms with Crippen molar-refractivity contribution in [2.24, 2.45) is 5.73 Å². The number of hydrogen-bond acceptors (Lipinski definition) is 2. The summed E-state index contributed by atoms with van der Waals surface area (Å²) in [6, 6.07) is 9.31. The van der Waals surface area contributed by atoms with Crippen molar-refractivity contribution in [2.45, 2.75) is 12.5 Å². The third-order valence-electron chi connectivity index (χ3n) is 3.27. The molecule has 0 fully saturated rings. The monoisotopic (exact) mass is 261 g/mol. The molecule has 19 heavy (non-hydrogen) atoms. The van der Waals surface area contributed by atoms with Gasteiger partial charge in [0.25, 0.3) is 0 Å². The second kappa shape index (κ2) is 4.63. The Bertz CT molecular complexity index is 628. The molecule has 0 saturated heterocycles. The van der Waals surface area contributed by atoms with E-state index in [9.17, 15) is 8.78 Å². The summed E-state index contributed by atoms with van der Waals surface area (Å²) in [6.07, 6.45) is 0.415. The van der Waals surface area contributed by atoms with Gasteiger partial charge in [-0.05, 0) is 35.4 Å². The zero-order chi connectivity index (χ0) is 13.4. The standard InChI is InChI=1S/C15H13F2NO/c16-12-3-1-2-9(5-12)10-4-11-6-13(8-18)19-15(11)14(17)7-10/h1-5,7,13H,6,8,18H2. The summed E-state index contributed by atoms with van der Waals surface area (Å²) in [6.45, 7) is 0.351. The molecule has 0 aliphatic carbocycles. The van der Waals surface area contributed by atoms with Crippen LogP contribution in [-0.2, 0) is 6.42 Å². The predicted molar refractivity (Wildman–Crippen MR) is 69.0 cm³/mol. The van der Waals surface area contributed by atoms with Crippen LogP contribution in [-0.4, -0.2) is 12.6 Å². The maximum absolute atomic E-state index is 14.0. The van der Waals surface area contributed by atoms with Gasteiger partial charge in [-0.2, -0.15) is 0 Å². The van der Waals surface area contributed by atoms with Crippen LogP contribution in [0.1, 0.15) is 5.56 Å². The average Bonchev–Trinajstić information content (AvgIpc) is 2.82. The molecule has 0 radical (unpaired) electrons. The molecule has 1 unspecified atom stereocenters. The number of hydrogen-bond donors (Lipinski definition) is 1. The molecule has 4 heteroatoms. The number of fused-ring (bicyclic) bond motifs is 1. The van der Waals surface area contributed by atoms with Gasteiger partial charge in [-0.15, -0.1) is 0 Å². The summed E-state index contributed by atoms with van der Waals surface area (Å²) in [5.74, 6) is -0.488. The number of rotatable bonds is 2. The lowest BCUT2D eigenvalue weighted by atomic mass is 10.0. The Labute approximate surface area is 109 Å². The molecular weight excluding hydrogens is 248 g/mol. The molecule has 2 aromatic carbocycles. The van der Waals surface area contributed by atoms with E-state index in [4.69, 9.17) is 10.5 Å². The van der Waals surface area contributed by atoms with E-state index in [-0.39, 0.29) is 17.7 Å². The van der Waals surface area contributed by atoms with Gasteiger partial charge in [0.2, 0.25) is 0 Å². The summed E-state index contributed by atoms with van der Waals surface area (Å²) in [7, 11) is 0. The van der Waals surface area contributed by atoms with Gasteiger partial charge in [-0.3, -0.25) is 0 Å². The topological polar surface area (TPSA) is 35.2 Å². The molecule has 1 aliphatic heterocycles. The van der Waals surface area contributed by atoms with E-state index in [1.165, 1.54) is 18.2 Å².